The minimum absolute atomic E-state index is 0.252. The first-order valence-corrected chi connectivity index (χ1v) is 6.46. The summed E-state index contributed by atoms with van der Waals surface area (Å²) in [6.07, 6.45) is 0. The van der Waals surface area contributed by atoms with Crippen LogP contribution in [0.4, 0.5) is 10.1 Å². The second-order valence-electron chi connectivity index (χ2n) is 4.70. The molecule has 2 aromatic carbocycles. The van der Waals surface area contributed by atoms with Crippen LogP contribution in [0.5, 0.6) is 5.75 Å². The summed E-state index contributed by atoms with van der Waals surface area (Å²) in [5.41, 5.74) is 7.92. The molecule has 2 aromatic rings. The van der Waals surface area contributed by atoms with E-state index in [9.17, 15) is 4.39 Å². The zero-order valence-electron chi connectivity index (χ0n) is 11.8. The molecule has 0 unspecified atom stereocenters. The van der Waals surface area contributed by atoms with Gasteiger partial charge in [-0.25, -0.2) is 4.39 Å². The van der Waals surface area contributed by atoms with Crippen molar-refractivity contribution in [3.63, 3.8) is 0 Å². The van der Waals surface area contributed by atoms with Crippen LogP contribution in [0, 0.1) is 5.82 Å². The van der Waals surface area contributed by atoms with Crippen LogP contribution in [-0.4, -0.2) is 14.2 Å². The van der Waals surface area contributed by atoms with E-state index in [1.165, 1.54) is 6.07 Å². The summed E-state index contributed by atoms with van der Waals surface area (Å²) >= 11 is 0. The molecule has 0 fully saturated rings. The van der Waals surface area contributed by atoms with Crippen LogP contribution < -0.4 is 15.4 Å². The molecule has 20 heavy (non-hydrogen) atoms. The number of rotatable bonds is 5. The van der Waals surface area contributed by atoms with Crippen molar-refractivity contribution in [3.8, 4) is 5.75 Å². The summed E-state index contributed by atoms with van der Waals surface area (Å²) in [7, 11) is 3.49. The summed E-state index contributed by atoms with van der Waals surface area (Å²) in [5, 5.41) is 0. The maximum atomic E-state index is 14.0. The lowest BCUT2D eigenvalue weighted by molar-refractivity contribution is 0.414. The molecule has 0 heterocycles. The van der Waals surface area contributed by atoms with Crippen molar-refractivity contribution in [1.29, 1.82) is 0 Å². The monoisotopic (exact) mass is 274 g/mol. The minimum atomic E-state index is -0.252. The molecule has 0 radical (unpaired) electrons. The van der Waals surface area contributed by atoms with Crippen LogP contribution in [0.25, 0.3) is 0 Å². The molecular weight excluding hydrogens is 255 g/mol. The van der Waals surface area contributed by atoms with E-state index in [0.717, 1.165) is 16.9 Å². The third-order valence-electron chi connectivity index (χ3n) is 3.21. The van der Waals surface area contributed by atoms with Crippen molar-refractivity contribution in [2.24, 2.45) is 5.73 Å². The predicted molar refractivity (Wildman–Crippen MR) is 79.4 cm³/mol. The van der Waals surface area contributed by atoms with Crippen molar-refractivity contribution in [3.05, 3.63) is 59.4 Å². The van der Waals surface area contributed by atoms with E-state index in [2.05, 4.69) is 0 Å². The molecule has 0 saturated heterocycles. The lowest BCUT2D eigenvalue weighted by Crippen LogP contribution is -2.18. The van der Waals surface area contributed by atoms with Crippen LogP contribution in [0.1, 0.15) is 11.1 Å². The quantitative estimate of drug-likeness (QED) is 0.911. The summed E-state index contributed by atoms with van der Waals surface area (Å²) in [5.74, 6) is 0.549. The van der Waals surface area contributed by atoms with Crippen molar-refractivity contribution in [2.75, 3.05) is 19.1 Å². The second-order valence-corrected chi connectivity index (χ2v) is 4.70. The Bertz CT molecular complexity index is 586. The highest BCUT2D eigenvalue weighted by Crippen LogP contribution is 2.22. The lowest BCUT2D eigenvalue weighted by atomic mass is 10.1. The second kappa shape index (κ2) is 6.39. The van der Waals surface area contributed by atoms with Gasteiger partial charge in [-0.15, -0.1) is 0 Å². The van der Waals surface area contributed by atoms with Crippen LogP contribution in [0.2, 0.25) is 0 Å². The van der Waals surface area contributed by atoms with E-state index >= 15 is 0 Å². The van der Waals surface area contributed by atoms with Gasteiger partial charge >= 0.3 is 0 Å². The topological polar surface area (TPSA) is 38.5 Å². The van der Waals surface area contributed by atoms with E-state index in [4.69, 9.17) is 10.5 Å². The highest BCUT2D eigenvalue weighted by Gasteiger charge is 2.09. The molecular formula is C16H19FN2O. The Morgan fingerprint density at radius 2 is 1.95 bits per heavy atom. The van der Waals surface area contributed by atoms with E-state index in [1.807, 2.05) is 42.3 Å². The van der Waals surface area contributed by atoms with E-state index in [0.29, 0.717) is 18.8 Å². The number of nitrogens with two attached hydrogens (primary N) is 1. The van der Waals surface area contributed by atoms with Crippen LogP contribution in [0.15, 0.2) is 42.5 Å². The molecule has 4 heteroatoms. The first-order chi connectivity index (χ1) is 9.63. The van der Waals surface area contributed by atoms with Gasteiger partial charge in [0.05, 0.1) is 12.8 Å². The molecule has 2 N–H and O–H groups in total. The van der Waals surface area contributed by atoms with Gasteiger partial charge in [-0.1, -0.05) is 18.2 Å². The summed E-state index contributed by atoms with van der Waals surface area (Å²) in [6.45, 7) is 0.951. The molecule has 0 aliphatic heterocycles. The average Bonchev–Trinajstić information content (AvgIpc) is 2.47. The molecule has 0 aliphatic carbocycles. The van der Waals surface area contributed by atoms with Gasteiger partial charge in [0, 0.05) is 20.1 Å². The number of halogens is 1. The molecule has 2 rings (SSSR count). The highest BCUT2D eigenvalue weighted by atomic mass is 19.1. The van der Waals surface area contributed by atoms with Crippen molar-refractivity contribution < 1.29 is 9.13 Å². The molecule has 0 aliphatic rings. The lowest BCUT2D eigenvalue weighted by Gasteiger charge is -2.20. The number of benzene rings is 2. The molecule has 0 saturated carbocycles. The van der Waals surface area contributed by atoms with Crippen molar-refractivity contribution in [2.45, 2.75) is 13.1 Å². The fourth-order valence-electron chi connectivity index (χ4n) is 2.12. The third-order valence-corrected chi connectivity index (χ3v) is 3.21. The van der Waals surface area contributed by atoms with Crippen molar-refractivity contribution in [1.82, 2.24) is 0 Å². The number of hydrogen-bond acceptors (Lipinski definition) is 3. The van der Waals surface area contributed by atoms with Gasteiger partial charge in [-0.3, -0.25) is 0 Å². The fourth-order valence-corrected chi connectivity index (χ4v) is 2.12. The van der Waals surface area contributed by atoms with Crippen LogP contribution in [0.3, 0.4) is 0 Å². The number of hydrogen-bond donors (Lipinski definition) is 1. The Balaban J connectivity index is 2.16. The molecule has 3 nitrogen and oxygen atoms in total. The van der Waals surface area contributed by atoms with Gasteiger partial charge in [0.1, 0.15) is 11.6 Å². The Hall–Kier alpha value is -2.07. The Morgan fingerprint density at radius 1 is 1.15 bits per heavy atom. The summed E-state index contributed by atoms with van der Waals surface area (Å²) in [6, 6.07) is 12.8. The Kier molecular flexibility index (Phi) is 4.58. The molecule has 0 bridgehead atoms. The SMILES string of the molecule is COc1cccc(CN(C)c2ccc(CN)cc2F)c1. The molecule has 0 amide bonds. The van der Waals surface area contributed by atoms with E-state index in [-0.39, 0.29) is 5.82 Å². The first kappa shape index (κ1) is 14.3. The van der Waals surface area contributed by atoms with Gasteiger partial charge in [0.2, 0.25) is 0 Å². The smallest absolute Gasteiger partial charge is 0.146 e. The van der Waals surface area contributed by atoms with Gasteiger partial charge in [-0.05, 0) is 35.4 Å². The normalized spacial score (nSPS) is 10.4. The first-order valence-electron chi connectivity index (χ1n) is 6.46. The summed E-state index contributed by atoms with van der Waals surface area (Å²) < 4.78 is 19.2. The number of nitrogens with zero attached hydrogens (tertiary/aromatic N) is 1. The number of anilines is 1. The maximum Gasteiger partial charge on any atom is 0.146 e. The van der Waals surface area contributed by atoms with Gasteiger partial charge in [-0.2, -0.15) is 0 Å². The number of ether oxygens (including phenoxy) is 1. The van der Waals surface area contributed by atoms with Gasteiger partial charge in [0.15, 0.2) is 0 Å². The summed E-state index contributed by atoms with van der Waals surface area (Å²) in [4.78, 5) is 1.87. The van der Waals surface area contributed by atoms with E-state index < -0.39 is 0 Å². The predicted octanol–water partition coefficient (Wildman–Crippen LogP) is 2.93. The molecule has 0 spiro atoms. The Labute approximate surface area is 118 Å². The standard InChI is InChI=1S/C16H19FN2O/c1-19(11-13-4-3-5-14(8-13)20-2)16-7-6-12(10-18)9-15(16)17/h3-9H,10-11,18H2,1-2H3. The van der Waals surface area contributed by atoms with Gasteiger partial charge < -0.3 is 15.4 Å². The molecule has 106 valence electrons. The zero-order valence-corrected chi connectivity index (χ0v) is 11.8. The minimum Gasteiger partial charge on any atom is -0.497 e. The highest BCUT2D eigenvalue weighted by molar-refractivity contribution is 5.49. The largest absolute Gasteiger partial charge is 0.497 e. The zero-order chi connectivity index (χ0) is 14.5. The third kappa shape index (κ3) is 3.27. The maximum absolute atomic E-state index is 14.0. The fraction of sp³-hybridized carbons (Fsp3) is 0.250. The molecule has 0 atom stereocenters. The van der Waals surface area contributed by atoms with E-state index in [1.54, 1.807) is 13.2 Å². The van der Waals surface area contributed by atoms with Gasteiger partial charge in [0.25, 0.3) is 0 Å². The molecule has 0 aromatic heterocycles. The Morgan fingerprint density at radius 3 is 2.60 bits per heavy atom. The van der Waals surface area contributed by atoms with Crippen LogP contribution >= 0.6 is 0 Å². The van der Waals surface area contributed by atoms with Crippen molar-refractivity contribution >= 4 is 5.69 Å². The number of methoxy groups -OCH3 is 1. The van der Waals surface area contributed by atoms with Crippen LogP contribution in [-0.2, 0) is 13.1 Å². The average molecular weight is 274 g/mol.